The van der Waals surface area contributed by atoms with Gasteiger partial charge in [0, 0.05) is 35.6 Å². The lowest BCUT2D eigenvalue weighted by Crippen LogP contribution is -2.38. The van der Waals surface area contributed by atoms with E-state index in [1.165, 1.54) is 17.4 Å². The SMILES string of the molecule is Cc1c(CN2CCCC(C(=O)c3cccs3)C2)[nH]c2ccc(F)cc12. The molecule has 1 saturated heterocycles. The number of likely N-dealkylation sites (tertiary alicyclic amines) is 1. The summed E-state index contributed by atoms with van der Waals surface area (Å²) in [7, 11) is 0. The average Bonchev–Trinajstić information content (AvgIpc) is 3.25. The number of aryl methyl sites for hydroxylation is 1. The van der Waals surface area contributed by atoms with Crippen LogP contribution in [-0.4, -0.2) is 28.8 Å². The monoisotopic (exact) mass is 356 g/mol. The lowest BCUT2D eigenvalue weighted by Gasteiger charge is -2.31. The summed E-state index contributed by atoms with van der Waals surface area (Å²) in [5.74, 6) is 0.144. The highest BCUT2D eigenvalue weighted by Crippen LogP contribution is 2.27. The maximum atomic E-state index is 13.5. The third-order valence-corrected chi connectivity index (χ3v) is 6.03. The number of nitrogens with one attached hydrogen (secondary N) is 1. The number of hydrogen-bond acceptors (Lipinski definition) is 3. The van der Waals surface area contributed by atoms with E-state index in [0.29, 0.717) is 0 Å². The van der Waals surface area contributed by atoms with E-state index in [2.05, 4.69) is 9.88 Å². The minimum Gasteiger partial charge on any atom is -0.357 e. The van der Waals surface area contributed by atoms with Gasteiger partial charge in [0.1, 0.15) is 5.82 Å². The molecule has 0 bridgehead atoms. The van der Waals surface area contributed by atoms with Crippen LogP contribution in [0.4, 0.5) is 4.39 Å². The van der Waals surface area contributed by atoms with E-state index in [9.17, 15) is 9.18 Å². The molecule has 0 aliphatic carbocycles. The molecule has 0 saturated carbocycles. The van der Waals surface area contributed by atoms with Gasteiger partial charge in [-0.25, -0.2) is 4.39 Å². The largest absolute Gasteiger partial charge is 0.357 e. The van der Waals surface area contributed by atoms with Crippen LogP contribution in [-0.2, 0) is 6.54 Å². The number of benzene rings is 1. The molecule has 1 N–H and O–H groups in total. The number of aromatic amines is 1. The molecular weight excluding hydrogens is 335 g/mol. The zero-order valence-corrected chi connectivity index (χ0v) is 15.0. The molecule has 3 nitrogen and oxygen atoms in total. The summed E-state index contributed by atoms with van der Waals surface area (Å²) in [4.78, 5) is 19.3. The molecule has 1 aliphatic heterocycles. The van der Waals surface area contributed by atoms with Gasteiger partial charge in [-0.2, -0.15) is 0 Å². The molecule has 3 aromatic rings. The fraction of sp³-hybridized carbons (Fsp3) is 0.350. The summed E-state index contributed by atoms with van der Waals surface area (Å²) in [6.45, 7) is 4.60. The highest BCUT2D eigenvalue weighted by molar-refractivity contribution is 7.12. The summed E-state index contributed by atoms with van der Waals surface area (Å²) in [5, 5.41) is 2.90. The van der Waals surface area contributed by atoms with Crippen LogP contribution in [0.15, 0.2) is 35.7 Å². The maximum absolute atomic E-state index is 13.5. The Hall–Kier alpha value is -1.98. The van der Waals surface area contributed by atoms with Crippen molar-refractivity contribution >= 4 is 28.0 Å². The first-order chi connectivity index (χ1) is 12.1. The second-order valence-electron chi connectivity index (χ2n) is 6.83. The van der Waals surface area contributed by atoms with Gasteiger partial charge in [-0.15, -0.1) is 11.3 Å². The van der Waals surface area contributed by atoms with E-state index >= 15 is 0 Å². The molecule has 1 atom stereocenters. The van der Waals surface area contributed by atoms with Gasteiger partial charge >= 0.3 is 0 Å². The van der Waals surface area contributed by atoms with Crippen molar-refractivity contribution in [3.8, 4) is 0 Å². The lowest BCUT2D eigenvalue weighted by atomic mass is 9.93. The van der Waals surface area contributed by atoms with E-state index in [4.69, 9.17) is 0 Å². The van der Waals surface area contributed by atoms with Gasteiger partial charge in [0.25, 0.3) is 0 Å². The third kappa shape index (κ3) is 3.26. The second-order valence-corrected chi connectivity index (χ2v) is 7.78. The number of fused-ring (bicyclic) bond motifs is 1. The van der Waals surface area contributed by atoms with Crippen LogP contribution in [0.2, 0.25) is 0 Å². The van der Waals surface area contributed by atoms with E-state index in [-0.39, 0.29) is 17.5 Å². The van der Waals surface area contributed by atoms with E-state index in [0.717, 1.165) is 59.5 Å². The van der Waals surface area contributed by atoms with Crippen LogP contribution in [0.25, 0.3) is 10.9 Å². The first-order valence-electron chi connectivity index (χ1n) is 8.68. The Bertz CT molecular complexity index is 900. The van der Waals surface area contributed by atoms with Crippen LogP contribution in [0.3, 0.4) is 0 Å². The smallest absolute Gasteiger partial charge is 0.177 e. The van der Waals surface area contributed by atoms with Crippen LogP contribution in [0.1, 0.15) is 33.8 Å². The van der Waals surface area contributed by atoms with Crippen molar-refractivity contribution in [1.82, 2.24) is 9.88 Å². The fourth-order valence-corrected chi connectivity index (χ4v) is 4.51. The molecule has 2 aromatic heterocycles. The van der Waals surface area contributed by atoms with Gasteiger partial charge in [-0.1, -0.05) is 6.07 Å². The number of halogens is 1. The summed E-state index contributed by atoms with van der Waals surface area (Å²) >= 11 is 1.53. The molecule has 1 unspecified atom stereocenters. The van der Waals surface area contributed by atoms with E-state index in [1.807, 2.05) is 24.4 Å². The first-order valence-corrected chi connectivity index (χ1v) is 9.56. The molecule has 0 amide bonds. The van der Waals surface area contributed by atoms with Gasteiger partial charge in [-0.05, 0) is 61.5 Å². The second kappa shape index (κ2) is 6.73. The number of piperidine rings is 1. The van der Waals surface area contributed by atoms with Gasteiger partial charge in [0.2, 0.25) is 0 Å². The molecule has 130 valence electrons. The molecule has 0 radical (unpaired) electrons. The number of Topliss-reactive ketones (excluding diaryl/α,β-unsaturated/α-hetero) is 1. The number of rotatable bonds is 4. The topological polar surface area (TPSA) is 36.1 Å². The van der Waals surface area contributed by atoms with Crippen LogP contribution in [0, 0.1) is 18.7 Å². The molecule has 3 heterocycles. The zero-order chi connectivity index (χ0) is 17.4. The predicted molar refractivity (Wildman–Crippen MR) is 99.6 cm³/mol. The number of H-pyrrole nitrogens is 1. The van der Waals surface area contributed by atoms with E-state index in [1.54, 1.807) is 12.1 Å². The Kier molecular flexibility index (Phi) is 4.44. The summed E-state index contributed by atoms with van der Waals surface area (Å²) < 4.78 is 13.5. The van der Waals surface area contributed by atoms with Crippen molar-refractivity contribution in [2.45, 2.75) is 26.3 Å². The van der Waals surface area contributed by atoms with Gasteiger partial charge in [0.15, 0.2) is 5.78 Å². The number of carbonyl (C=O) groups is 1. The van der Waals surface area contributed by atoms with Crippen molar-refractivity contribution in [3.63, 3.8) is 0 Å². The van der Waals surface area contributed by atoms with Gasteiger partial charge in [0.05, 0.1) is 4.88 Å². The minimum atomic E-state index is -0.208. The Morgan fingerprint density at radius 2 is 2.28 bits per heavy atom. The molecule has 1 aromatic carbocycles. The molecule has 5 heteroatoms. The number of nitrogens with zero attached hydrogens (tertiary/aromatic N) is 1. The van der Waals surface area contributed by atoms with E-state index < -0.39 is 0 Å². The summed E-state index contributed by atoms with van der Waals surface area (Å²) in [5.41, 5.74) is 3.18. The quantitative estimate of drug-likeness (QED) is 0.684. The first kappa shape index (κ1) is 16.5. The summed E-state index contributed by atoms with van der Waals surface area (Å²) in [6, 6.07) is 8.72. The number of ketones is 1. The molecule has 1 aliphatic rings. The number of thiophene rings is 1. The van der Waals surface area contributed by atoms with Crippen LogP contribution >= 0.6 is 11.3 Å². The van der Waals surface area contributed by atoms with Crippen LogP contribution < -0.4 is 0 Å². The van der Waals surface area contributed by atoms with Crippen molar-refractivity contribution in [2.24, 2.45) is 5.92 Å². The highest BCUT2D eigenvalue weighted by atomic mass is 32.1. The number of carbonyl (C=O) groups excluding carboxylic acids is 1. The maximum Gasteiger partial charge on any atom is 0.177 e. The van der Waals surface area contributed by atoms with Crippen molar-refractivity contribution in [3.05, 3.63) is 57.7 Å². The molecule has 1 fully saturated rings. The third-order valence-electron chi connectivity index (χ3n) is 5.15. The fourth-order valence-electron chi connectivity index (χ4n) is 3.77. The molecule has 4 rings (SSSR count). The van der Waals surface area contributed by atoms with Gasteiger partial charge < -0.3 is 4.98 Å². The Labute approximate surface area is 150 Å². The molecular formula is C20H21FN2OS. The molecule has 0 spiro atoms. The lowest BCUT2D eigenvalue weighted by molar-refractivity contribution is 0.0814. The predicted octanol–water partition coefficient (Wildman–Crippen LogP) is 4.77. The van der Waals surface area contributed by atoms with Crippen LogP contribution in [0.5, 0.6) is 0 Å². The Morgan fingerprint density at radius 1 is 1.40 bits per heavy atom. The minimum absolute atomic E-state index is 0.0783. The normalized spacial score (nSPS) is 18.7. The zero-order valence-electron chi connectivity index (χ0n) is 14.2. The van der Waals surface area contributed by atoms with Gasteiger partial charge in [-0.3, -0.25) is 9.69 Å². The van der Waals surface area contributed by atoms with Crippen molar-refractivity contribution in [2.75, 3.05) is 13.1 Å². The average molecular weight is 356 g/mol. The highest BCUT2D eigenvalue weighted by Gasteiger charge is 2.27. The Morgan fingerprint density at radius 3 is 3.08 bits per heavy atom. The van der Waals surface area contributed by atoms with Crippen molar-refractivity contribution in [1.29, 1.82) is 0 Å². The Balaban J connectivity index is 1.51. The molecule has 25 heavy (non-hydrogen) atoms. The standard InChI is InChI=1S/C20H21FN2OS/c1-13-16-10-15(21)6-7-17(16)22-18(13)12-23-8-2-4-14(11-23)20(24)19-5-3-9-25-19/h3,5-7,9-10,14,22H,2,4,8,11-12H2,1H3. The number of hydrogen-bond donors (Lipinski definition) is 1. The summed E-state index contributed by atoms with van der Waals surface area (Å²) in [6.07, 6.45) is 2.00. The number of aromatic nitrogens is 1. The van der Waals surface area contributed by atoms with Crippen molar-refractivity contribution < 1.29 is 9.18 Å².